The fourth-order valence-electron chi connectivity index (χ4n) is 1.42. The van der Waals surface area contributed by atoms with Crippen LogP contribution in [0.4, 0.5) is 5.82 Å². The summed E-state index contributed by atoms with van der Waals surface area (Å²) in [5.74, 6) is 0.00243. The summed E-state index contributed by atoms with van der Waals surface area (Å²) in [5.41, 5.74) is 7.95. The molecule has 2 heterocycles. The van der Waals surface area contributed by atoms with E-state index in [9.17, 15) is 8.42 Å². The van der Waals surface area contributed by atoms with Crippen LogP contribution in [0, 0.1) is 0 Å². The molecule has 0 atom stereocenters. The Kier molecular flexibility index (Phi) is 3.60. The van der Waals surface area contributed by atoms with Gasteiger partial charge in [0.15, 0.2) is 0 Å². The van der Waals surface area contributed by atoms with Gasteiger partial charge in [-0.25, -0.2) is 18.4 Å². The van der Waals surface area contributed by atoms with Gasteiger partial charge in [0.2, 0.25) is 10.0 Å². The Morgan fingerprint density at radius 2 is 2.22 bits per heavy atom. The SMILES string of the molecule is CN(Cc1cscn1)S(=O)(=O)c1cccnc1N. The predicted octanol–water partition coefficient (Wildman–Crippen LogP) is 0.941. The van der Waals surface area contributed by atoms with Crippen molar-refractivity contribution in [1.29, 1.82) is 0 Å². The van der Waals surface area contributed by atoms with E-state index in [1.54, 1.807) is 17.0 Å². The van der Waals surface area contributed by atoms with Crippen molar-refractivity contribution >= 4 is 27.2 Å². The van der Waals surface area contributed by atoms with E-state index in [1.165, 1.54) is 35.0 Å². The van der Waals surface area contributed by atoms with E-state index in [-0.39, 0.29) is 17.3 Å². The standard InChI is InChI=1S/C10H12N4O2S2/c1-14(5-8-6-17-7-13-8)18(15,16)9-3-2-4-12-10(9)11/h2-4,6-7H,5H2,1H3,(H2,11,12). The number of anilines is 1. The second-order valence-electron chi connectivity index (χ2n) is 3.63. The molecule has 0 aromatic carbocycles. The summed E-state index contributed by atoms with van der Waals surface area (Å²) >= 11 is 1.42. The zero-order chi connectivity index (χ0) is 13.2. The third-order valence-corrected chi connectivity index (χ3v) is 4.84. The zero-order valence-electron chi connectivity index (χ0n) is 9.65. The summed E-state index contributed by atoms with van der Waals surface area (Å²) in [7, 11) is -2.15. The van der Waals surface area contributed by atoms with Gasteiger partial charge in [0.1, 0.15) is 10.7 Å². The minimum atomic E-state index is -3.64. The Morgan fingerprint density at radius 3 is 2.83 bits per heavy atom. The molecule has 2 N–H and O–H groups in total. The van der Waals surface area contributed by atoms with E-state index in [0.717, 1.165) is 0 Å². The second-order valence-corrected chi connectivity index (χ2v) is 6.36. The van der Waals surface area contributed by atoms with Crippen LogP contribution in [-0.2, 0) is 16.6 Å². The lowest BCUT2D eigenvalue weighted by atomic mass is 10.5. The maximum atomic E-state index is 12.3. The first-order chi connectivity index (χ1) is 8.51. The molecule has 0 radical (unpaired) electrons. The molecule has 2 rings (SSSR count). The molecular formula is C10H12N4O2S2. The first-order valence-corrected chi connectivity index (χ1v) is 7.44. The highest BCUT2D eigenvalue weighted by Crippen LogP contribution is 2.20. The number of thiazole rings is 1. The highest BCUT2D eigenvalue weighted by atomic mass is 32.2. The maximum absolute atomic E-state index is 12.3. The van der Waals surface area contributed by atoms with Gasteiger partial charge in [0.05, 0.1) is 17.7 Å². The first-order valence-electron chi connectivity index (χ1n) is 5.05. The fourth-order valence-corrected chi connectivity index (χ4v) is 3.17. The number of hydrogen-bond donors (Lipinski definition) is 1. The van der Waals surface area contributed by atoms with Crippen LogP contribution >= 0.6 is 11.3 Å². The van der Waals surface area contributed by atoms with Gasteiger partial charge in [-0.2, -0.15) is 4.31 Å². The number of rotatable bonds is 4. The highest BCUT2D eigenvalue weighted by Gasteiger charge is 2.24. The van der Waals surface area contributed by atoms with Crippen LogP contribution in [0.3, 0.4) is 0 Å². The van der Waals surface area contributed by atoms with Crippen LogP contribution in [-0.4, -0.2) is 29.7 Å². The Morgan fingerprint density at radius 1 is 1.44 bits per heavy atom. The van der Waals surface area contributed by atoms with E-state index >= 15 is 0 Å². The monoisotopic (exact) mass is 284 g/mol. The third-order valence-electron chi connectivity index (χ3n) is 2.36. The Hall–Kier alpha value is -1.51. The first kappa shape index (κ1) is 12.9. The summed E-state index contributed by atoms with van der Waals surface area (Å²) in [5, 5.41) is 1.80. The molecule has 0 fully saturated rings. The molecule has 2 aromatic heterocycles. The van der Waals surface area contributed by atoms with E-state index in [2.05, 4.69) is 9.97 Å². The van der Waals surface area contributed by atoms with Crippen LogP contribution < -0.4 is 5.73 Å². The van der Waals surface area contributed by atoms with Gasteiger partial charge in [0, 0.05) is 18.6 Å². The zero-order valence-corrected chi connectivity index (χ0v) is 11.3. The molecule has 96 valence electrons. The van der Waals surface area contributed by atoms with Gasteiger partial charge in [0.25, 0.3) is 0 Å². The van der Waals surface area contributed by atoms with Gasteiger partial charge in [-0.05, 0) is 12.1 Å². The molecule has 18 heavy (non-hydrogen) atoms. The topological polar surface area (TPSA) is 89.2 Å². The van der Waals surface area contributed by atoms with Gasteiger partial charge < -0.3 is 5.73 Å². The molecule has 0 saturated carbocycles. The number of aromatic nitrogens is 2. The van der Waals surface area contributed by atoms with Crippen molar-refractivity contribution in [3.8, 4) is 0 Å². The molecule has 0 aliphatic heterocycles. The number of nitrogens with zero attached hydrogens (tertiary/aromatic N) is 3. The van der Waals surface area contributed by atoms with Crippen molar-refractivity contribution in [3.63, 3.8) is 0 Å². The molecule has 0 saturated heterocycles. The average Bonchev–Trinajstić information content (AvgIpc) is 2.82. The van der Waals surface area contributed by atoms with Crippen LogP contribution in [0.25, 0.3) is 0 Å². The summed E-state index contributed by atoms with van der Waals surface area (Å²) in [6.45, 7) is 0.208. The Labute approximate surface area is 109 Å². The van der Waals surface area contributed by atoms with Crippen molar-refractivity contribution in [2.45, 2.75) is 11.4 Å². The van der Waals surface area contributed by atoms with E-state index in [1.807, 2.05) is 0 Å². The molecule has 0 unspecified atom stereocenters. The van der Waals surface area contributed by atoms with Crippen LogP contribution in [0.2, 0.25) is 0 Å². The predicted molar refractivity (Wildman–Crippen MR) is 69.4 cm³/mol. The number of nitrogen functional groups attached to an aromatic ring is 1. The van der Waals surface area contributed by atoms with Crippen molar-refractivity contribution in [1.82, 2.24) is 14.3 Å². The molecule has 0 amide bonds. The molecule has 0 spiro atoms. The average molecular weight is 284 g/mol. The van der Waals surface area contributed by atoms with Crippen molar-refractivity contribution in [2.24, 2.45) is 0 Å². The van der Waals surface area contributed by atoms with Gasteiger partial charge >= 0.3 is 0 Å². The van der Waals surface area contributed by atoms with E-state index in [4.69, 9.17) is 5.73 Å². The van der Waals surface area contributed by atoms with E-state index < -0.39 is 10.0 Å². The smallest absolute Gasteiger partial charge is 0.246 e. The minimum absolute atomic E-state index is 0.00243. The number of nitrogens with two attached hydrogens (primary N) is 1. The van der Waals surface area contributed by atoms with Crippen molar-refractivity contribution in [2.75, 3.05) is 12.8 Å². The Balaban J connectivity index is 2.29. The normalized spacial score (nSPS) is 11.9. The fraction of sp³-hybridized carbons (Fsp3) is 0.200. The number of hydrogen-bond acceptors (Lipinski definition) is 6. The van der Waals surface area contributed by atoms with Gasteiger partial charge in [-0.15, -0.1) is 11.3 Å². The second kappa shape index (κ2) is 5.01. The lowest BCUT2D eigenvalue weighted by molar-refractivity contribution is 0.463. The quantitative estimate of drug-likeness (QED) is 0.902. The number of pyridine rings is 1. The summed E-state index contributed by atoms with van der Waals surface area (Å²) in [6.07, 6.45) is 1.45. The van der Waals surface area contributed by atoms with Crippen molar-refractivity contribution < 1.29 is 8.42 Å². The summed E-state index contributed by atoms with van der Waals surface area (Å²) in [4.78, 5) is 7.85. The largest absolute Gasteiger partial charge is 0.383 e. The summed E-state index contributed by atoms with van der Waals surface area (Å²) in [6, 6.07) is 2.98. The number of sulfonamides is 1. The van der Waals surface area contributed by atoms with Crippen LogP contribution in [0.5, 0.6) is 0 Å². The highest BCUT2D eigenvalue weighted by molar-refractivity contribution is 7.89. The maximum Gasteiger partial charge on any atom is 0.246 e. The minimum Gasteiger partial charge on any atom is -0.383 e. The van der Waals surface area contributed by atoms with Crippen molar-refractivity contribution in [3.05, 3.63) is 34.9 Å². The Bertz CT molecular complexity index is 625. The van der Waals surface area contributed by atoms with Gasteiger partial charge in [-0.1, -0.05) is 0 Å². The molecule has 0 aliphatic rings. The molecule has 2 aromatic rings. The lowest BCUT2D eigenvalue weighted by Crippen LogP contribution is -2.27. The molecular weight excluding hydrogens is 272 g/mol. The molecule has 0 aliphatic carbocycles. The van der Waals surface area contributed by atoms with Crippen LogP contribution in [0.1, 0.15) is 5.69 Å². The van der Waals surface area contributed by atoms with E-state index in [0.29, 0.717) is 5.69 Å². The van der Waals surface area contributed by atoms with Gasteiger partial charge in [-0.3, -0.25) is 0 Å². The molecule has 6 nitrogen and oxygen atoms in total. The van der Waals surface area contributed by atoms with Crippen LogP contribution in [0.15, 0.2) is 34.1 Å². The molecule has 0 bridgehead atoms. The molecule has 8 heteroatoms. The summed E-state index contributed by atoms with van der Waals surface area (Å²) < 4.78 is 25.7. The third kappa shape index (κ3) is 2.50. The lowest BCUT2D eigenvalue weighted by Gasteiger charge is -2.16.